The van der Waals surface area contributed by atoms with Crippen LogP contribution in [0.25, 0.3) is 0 Å². The number of carbonyl (C=O) groups is 1. The van der Waals surface area contributed by atoms with Gasteiger partial charge >= 0.3 is 5.97 Å². The largest absolute Gasteiger partial charge is 0.459 e. The van der Waals surface area contributed by atoms with E-state index in [1.54, 1.807) is 0 Å². The fourth-order valence-corrected chi connectivity index (χ4v) is 1.85. The standard InChI is InChI=1S/C13H25NO3/c1-12(2,3)16-9-7-10(14-8-9)11(15)17-13(4,5)6/h9-10,14H,7-8H2,1-6H3/t9-,10-/m1/s1. The Kier molecular flexibility index (Phi) is 4.20. The maximum Gasteiger partial charge on any atom is 0.323 e. The molecule has 0 amide bonds. The van der Waals surface area contributed by atoms with Crippen LogP contribution in [-0.2, 0) is 14.3 Å². The van der Waals surface area contributed by atoms with Gasteiger partial charge in [-0.1, -0.05) is 0 Å². The minimum absolute atomic E-state index is 0.0903. The summed E-state index contributed by atoms with van der Waals surface area (Å²) in [7, 11) is 0. The lowest BCUT2D eigenvalue weighted by Gasteiger charge is -2.24. The molecule has 2 atom stereocenters. The van der Waals surface area contributed by atoms with Gasteiger partial charge in [-0.3, -0.25) is 4.79 Å². The molecule has 1 rings (SSSR count). The second kappa shape index (κ2) is 4.94. The summed E-state index contributed by atoms with van der Waals surface area (Å²) in [6.07, 6.45) is 0.777. The highest BCUT2D eigenvalue weighted by Gasteiger charge is 2.34. The van der Waals surface area contributed by atoms with Crippen LogP contribution in [-0.4, -0.2) is 35.9 Å². The second-order valence-corrected chi connectivity index (χ2v) is 6.58. The lowest BCUT2D eigenvalue weighted by molar-refractivity contribution is -0.157. The van der Waals surface area contributed by atoms with Crippen LogP contribution in [0.3, 0.4) is 0 Å². The molecule has 0 aromatic heterocycles. The molecule has 1 fully saturated rings. The Morgan fingerprint density at radius 1 is 1.12 bits per heavy atom. The summed E-state index contributed by atoms with van der Waals surface area (Å²) < 4.78 is 11.2. The summed E-state index contributed by atoms with van der Waals surface area (Å²) in [4.78, 5) is 11.8. The van der Waals surface area contributed by atoms with Crippen LogP contribution in [0.2, 0.25) is 0 Å². The predicted molar refractivity (Wildman–Crippen MR) is 66.9 cm³/mol. The second-order valence-electron chi connectivity index (χ2n) is 6.58. The normalized spacial score (nSPS) is 26.0. The van der Waals surface area contributed by atoms with Crippen molar-refractivity contribution >= 4 is 5.97 Å². The van der Waals surface area contributed by atoms with Crippen molar-refractivity contribution in [2.24, 2.45) is 0 Å². The average Bonchev–Trinajstić information content (AvgIpc) is 2.45. The molecule has 1 aliphatic heterocycles. The molecule has 0 bridgehead atoms. The minimum Gasteiger partial charge on any atom is -0.459 e. The maximum atomic E-state index is 11.8. The first-order chi connectivity index (χ1) is 7.57. The van der Waals surface area contributed by atoms with Gasteiger partial charge in [-0.15, -0.1) is 0 Å². The Labute approximate surface area is 104 Å². The molecule has 0 radical (unpaired) electrons. The van der Waals surface area contributed by atoms with Gasteiger partial charge in [0.05, 0.1) is 11.7 Å². The van der Waals surface area contributed by atoms with Crippen LogP contribution in [0.4, 0.5) is 0 Å². The predicted octanol–water partition coefficient (Wildman–Crippen LogP) is 1.87. The number of hydrogen-bond acceptors (Lipinski definition) is 4. The third-order valence-corrected chi connectivity index (χ3v) is 2.30. The van der Waals surface area contributed by atoms with E-state index < -0.39 is 5.60 Å². The number of nitrogens with one attached hydrogen (secondary N) is 1. The van der Waals surface area contributed by atoms with E-state index in [4.69, 9.17) is 9.47 Å². The van der Waals surface area contributed by atoms with Crippen LogP contribution in [0, 0.1) is 0 Å². The third kappa shape index (κ3) is 5.50. The van der Waals surface area contributed by atoms with E-state index in [1.165, 1.54) is 0 Å². The first kappa shape index (κ1) is 14.5. The average molecular weight is 243 g/mol. The SMILES string of the molecule is CC(C)(C)OC(=O)[C@H]1C[C@@H](OC(C)(C)C)CN1. The molecule has 0 unspecified atom stereocenters. The van der Waals surface area contributed by atoms with Crippen molar-refractivity contribution in [3.8, 4) is 0 Å². The molecule has 1 N–H and O–H groups in total. The number of hydrogen-bond donors (Lipinski definition) is 1. The Morgan fingerprint density at radius 2 is 1.71 bits per heavy atom. The van der Waals surface area contributed by atoms with Crippen molar-refractivity contribution in [2.75, 3.05) is 6.54 Å². The van der Waals surface area contributed by atoms with E-state index in [9.17, 15) is 4.79 Å². The van der Waals surface area contributed by atoms with E-state index in [2.05, 4.69) is 5.32 Å². The highest BCUT2D eigenvalue weighted by Crippen LogP contribution is 2.20. The molecular weight excluding hydrogens is 218 g/mol. The Hall–Kier alpha value is -0.610. The molecule has 1 aliphatic rings. The van der Waals surface area contributed by atoms with E-state index in [-0.39, 0.29) is 23.7 Å². The fourth-order valence-electron chi connectivity index (χ4n) is 1.85. The third-order valence-electron chi connectivity index (χ3n) is 2.30. The van der Waals surface area contributed by atoms with Gasteiger partial charge in [0.1, 0.15) is 11.6 Å². The molecule has 100 valence electrons. The molecule has 4 nitrogen and oxygen atoms in total. The molecule has 1 heterocycles. The first-order valence-electron chi connectivity index (χ1n) is 6.21. The smallest absolute Gasteiger partial charge is 0.323 e. The molecule has 0 saturated carbocycles. The van der Waals surface area contributed by atoms with Crippen molar-refractivity contribution < 1.29 is 14.3 Å². The van der Waals surface area contributed by atoms with Crippen molar-refractivity contribution in [2.45, 2.75) is 71.3 Å². The molecule has 17 heavy (non-hydrogen) atoms. The van der Waals surface area contributed by atoms with E-state index in [0.717, 1.165) is 0 Å². The number of ether oxygens (including phenoxy) is 2. The fraction of sp³-hybridized carbons (Fsp3) is 0.923. The summed E-state index contributed by atoms with van der Waals surface area (Å²) >= 11 is 0. The quantitative estimate of drug-likeness (QED) is 0.752. The number of esters is 1. The van der Waals surface area contributed by atoms with Crippen molar-refractivity contribution in [1.82, 2.24) is 5.32 Å². The Bertz CT molecular complexity index is 275. The van der Waals surface area contributed by atoms with Gasteiger partial charge in [-0.25, -0.2) is 0 Å². The highest BCUT2D eigenvalue weighted by atomic mass is 16.6. The van der Waals surface area contributed by atoms with E-state index in [0.29, 0.717) is 13.0 Å². The molecule has 1 saturated heterocycles. The van der Waals surface area contributed by atoms with Gasteiger partial charge < -0.3 is 14.8 Å². The van der Waals surface area contributed by atoms with Crippen LogP contribution >= 0.6 is 0 Å². The van der Waals surface area contributed by atoms with Gasteiger partial charge in [0, 0.05) is 13.0 Å². The zero-order valence-electron chi connectivity index (χ0n) is 11.8. The summed E-state index contributed by atoms with van der Waals surface area (Å²) in [6, 6.07) is -0.235. The van der Waals surface area contributed by atoms with Crippen molar-refractivity contribution in [3.63, 3.8) is 0 Å². The molecule has 0 spiro atoms. The summed E-state index contributed by atoms with van der Waals surface area (Å²) in [6.45, 7) is 12.4. The highest BCUT2D eigenvalue weighted by molar-refractivity contribution is 5.76. The van der Waals surface area contributed by atoms with Gasteiger partial charge in [0.2, 0.25) is 0 Å². The van der Waals surface area contributed by atoms with Gasteiger partial charge in [0.25, 0.3) is 0 Å². The van der Waals surface area contributed by atoms with Crippen molar-refractivity contribution in [3.05, 3.63) is 0 Å². The lowest BCUT2D eigenvalue weighted by atomic mass is 10.1. The molecule has 4 heteroatoms. The minimum atomic E-state index is -0.429. The zero-order valence-corrected chi connectivity index (χ0v) is 11.8. The topological polar surface area (TPSA) is 47.6 Å². The van der Waals surface area contributed by atoms with Gasteiger partial charge in [-0.2, -0.15) is 0 Å². The lowest BCUT2D eigenvalue weighted by Crippen LogP contribution is -2.37. The number of carbonyl (C=O) groups excluding carboxylic acids is 1. The number of rotatable bonds is 2. The van der Waals surface area contributed by atoms with Gasteiger partial charge in [0.15, 0.2) is 0 Å². The molecule has 0 aromatic rings. The maximum absolute atomic E-state index is 11.8. The van der Waals surface area contributed by atoms with Crippen molar-refractivity contribution in [1.29, 1.82) is 0 Å². The Balaban J connectivity index is 2.43. The van der Waals surface area contributed by atoms with Crippen LogP contribution in [0.1, 0.15) is 48.0 Å². The van der Waals surface area contributed by atoms with E-state index in [1.807, 2.05) is 41.5 Å². The monoisotopic (exact) mass is 243 g/mol. The van der Waals surface area contributed by atoms with Crippen LogP contribution in [0.5, 0.6) is 0 Å². The Morgan fingerprint density at radius 3 is 2.18 bits per heavy atom. The first-order valence-corrected chi connectivity index (χ1v) is 6.21. The molecular formula is C13H25NO3. The molecule has 0 aliphatic carbocycles. The van der Waals surface area contributed by atoms with Crippen LogP contribution < -0.4 is 5.32 Å². The summed E-state index contributed by atoms with van der Waals surface area (Å²) in [5, 5.41) is 3.15. The summed E-state index contributed by atoms with van der Waals surface area (Å²) in [5.41, 5.74) is -0.600. The van der Waals surface area contributed by atoms with Gasteiger partial charge in [-0.05, 0) is 41.5 Å². The zero-order chi connectivity index (χ0) is 13.3. The molecule has 0 aromatic carbocycles. The van der Waals surface area contributed by atoms with Crippen LogP contribution in [0.15, 0.2) is 0 Å². The summed E-state index contributed by atoms with van der Waals surface area (Å²) in [5.74, 6) is -0.183. The van der Waals surface area contributed by atoms with E-state index >= 15 is 0 Å².